The van der Waals surface area contributed by atoms with Gasteiger partial charge in [0.25, 0.3) is 0 Å². The predicted molar refractivity (Wildman–Crippen MR) is 190 cm³/mol. The van der Waals surface area contributed by atoms with Gasteiger partial charge in [0.15, 0.2) is 0 Å². The molecule has 0 saturated carbocycles. The quantitative estimate of drug-likeness (QED) is 0.107. The number of aromatic nitrogens is 2. The van der Waals surface area contributed by atoms with Gasteiger partial charge in [0.2, 0.25) is 0 Å². The van der Waals surface area contributed by atoms with Gasteiger partial charge in [0, 0.05) is 44.1 Å². The van der Waals surface area contributed by atoms with E-state index in [1.807, 2.05) is 0 Å². The molecule has 4 aliphatic carbocycles. The van der Waals surface area contributed by atoms with E-state index in [0.29, 0.717) is 0 Å². The van der Waals surface area contributed by atoms with Gasteiger partial charge in [-0.2, -0.15) is 0 Å². The van der Waals surface area contributed by atoms with Crippen LogP contribution >= 0.6 is 0 Å². The molecule has 2 aromatic heterocycles. The molecule has 0 aliphatic heterocycles. The van der Waals surface area contributed by atoms with Crippen LogP contribution in [0.5, 0.6) is 0 Å². The first-order valence-electron chi connectivity index (χ1n) is 17.1. The van der Waals surface area contributed by atoms with E-state index < -0.39 is 0 Å². The van der Waals surface area contributed by atoms with Gasteiger partial charge in [0.05, 0.1) is 11.0 Å². The number of benzene rings is 1. The molecule has 44 heavy (non-hydrogen) atoms. The summed E-state index contributed by atoms with van der Waals surface area (Å²) >= 11 is 0. The van der Waals surface area contributed by atoms with Crippen molar-refractivity contribution in [1.29, 1.82) is 0 Å². The van der Waals surface area contributed by atoms with Gasteiger partial charge < -0.3 is 0 Å². The van der Waals surface area contributed by atoms with Crippen LogP contribution in [-0.4, -0.2) is 9.97 Å². The summed E-state index contributed by atoms with van der Waals surface area (Å²) in [7, 11) is 0. The van der Waals surface area contributed by atoms with Crippen molar-refractivity contribution in [3.8, 4) is 22.3 Å². The van der Waals surface area contributed by atoms with Crippen LogP contribution in [-0.2, 0) is 12.8 Å². The highest BCUT2D eigenvalue weighted by Gasteiger charge is 2.20. The number of hydrogen-bond donors (Lipinski definition) is 0. The second-order valence-electron chi connectivity index (χ2n) is 12.8. The molecule has 4 aliphatic rings. The summed E-state index contributed by atoms with van der Waals surface area (Å²) < 4.78 is 0. The first-order chi connectivity index (χ1) is 21.8. The van der Waals surface area contributed by atoms with Crippen LogP contribution in [0.1, 0.15) is 89.4 Å². The van der Waals surface area contributed by atoms with Gasteiger partial charge in [-0.3, -0.25) is 9.97 Å². The molecule has 1 aromatic carbocycles. The first kappa shape index (κ1) is 28.7. The van der Waals surface area contributed by atoms with E-state index in [1.165, 1.54) is 130 Å². The number of unbranched alkanes of at least 4 members (excludes halogenated alkanes) is 8. The Morgan fingerprint density at radius 2 is 0.841 bits per heavy atom. The maximum atomic E-state index is 5.46. The molecule has 0 saturated heterocycles. The molecule has 0 spiro atoms. The smallest absolute Gasteiger partial charge is 0.0790 e. The third-order valence-corrected chi connectivity index (χ3v) is 9.65. The zero-order valence-electron chi connectivity index (χ0n) is 26.5. The van der Waals surface area contributed by atoms with Crippen LogP contribution in [0.3, 0.4) is 0 Å². The van der Waals surface area contributed by atoms with Gasteiger partial charge in [-0.1, -0.05) is 126 Å². The molecule has 0 radical (unpaired) electrons. The van der Waals surface area contributed by atoms with E-state index in [-0.39, 0.29) is 0 Å². The molecule has 2 heterocycles. The largest absolute Gasteiger partial charge is 0.252 e. The van der Waals surface area contributed by atoms with E-state index in [2.05, 4.69) is 98.8 Å². The Bertz CT molecular complexity index is 1860. The Morgan fingerprint density at radius 1 is 0.409 bits per heavy atom. The highest BCUT2D eigenvalue weighted by Crippen LogP contribution is 2.43. The fraction of sp³-hybridized carbons (Fsp3) is 0.333. The maximum absolute atomic E-state index is 5.46. The Labute approximate surface area is 262 Å². The predicted octanol–water partition coefficient (Wildman–Crippen LogP) is 12.3. The zero-order valence-corrected chi connectivity index (χ0v) is 26.5. The fourth-order valence-electron chi connectivity index (χ4n) is 7.28. The number of pyridine rings is 2. The third kappa shape index (κ3) is 5.40. The van der Waals surface area contributed by atoms with E-state index >= 15 is 0 Å². The summed E-state index contributed by atoms with van der Waals surface area (Å²) in [5.74, 6) is 0. The van der Waals surface area contributed by atoms with Crippen molar-refractivity contribution in [3.05, 3.63) is 96.3 Å². The molecular weight excluding hydrogens is 532 g/mol. The van der Waals surface area contributed by atoms with Crippen LogP contribution in [0, 0.1) is 0 Å². The van der Waals surface area contributed by atoms with Crippen molar-refractivity contribution in [2.75, 3.05) is 0 Å². The molecule has 222 valence electrons. The minimum absolute atomic E-state index is 1.02. The lowest BCUT2D eigenvalue weighted by Crippen LogP contribution is -1.97. The lowest BCUT2D eigenvalue weighted by molar-refractivity contribution is 0.630. The molecule has 3 aromatic rings. The lowest BCUT2D eigenvalue weighted by atomic mass is 9.95. The molecule has 0 N–H and O–H groups in total. The summed E-state index contributed by atoms with van der Waals surface area (Å²) in [5, 5.41) is 7.84. The average Bonchev–Trinajstić information content (AvgIpc) is 3.33. The minimum Gasteiger partial charge on any atom is -0.252 e. The summed E-state index contributed by atoms with van der Waals surface area (Å²) in [4.78, 5) is 10.9. The van der Waals surface area contributed by atoms with Gasteiger partial charge in [0.1, 0.15) is 0 Å². The molecule has 0 atom stereocenters. The zero-order chi connectivity index (χ0) is 29.9. The molecule has 0 unspecified atom stereocenters. The number of aryl methyl sites for hydroxylation is 2. The van der Waals surface area contributed by atoms with E-state index in [4.69, 9.17) is 9.97 Å². The number of nitrogens with zero attached hydrogens (tertiary/aromatic N) is 2. The van der Waals surface area contributed by atoms with E-state index in [9.17, 15) is 0 Å². The first-order valence-corrected chi connectivity index (χ1v) is 17.1. The molecule has 0 fully saturated rings. The summed E-state index contributed by atoms with van der Waals surface area (Å²) in [5.41, 5.74) is 9.81. The molecule has 0 bridgehead atoms. The van der Waals surface area contributed by atoms with E-state index in [0.717, 1.165) is 23.9 Å². The minimum atomic E-state index is 1.02. The average molecular weight is 577 g/mol. The number of fused-ring (bicyclic) bond motifs is 10. The van der Waals surface area contributed by atoms with Crippen LogP contribution in [0.2, 0.25) is 0 Å². The van der Waals surface area contributed by atoms with Crippen molar-refractivity contribution in [1.82, 2.24) is 9.97 Å². The number of rotatable bonds is 12. The van der Waals surface area contributed by atoms with E-state index in [1.54, 1.807) is 0 Å². The van der Waals surface area contributed by atoms with Crippen LogP contribution < -0.4 is 0 Å². The standard InChI is InChI=1S/C42H44N2/c1-3-5-7-9-17-23-39-35-27-34-36(28-33(35)37-25-29-19-13-11-15-21-31(29)41(37)43-39)40(24-18-10-8-6-4-2)44-42-32-22-16-12-14-20-30(32)26-38(34)42/h11-16,19-22,25-28H,3-10,17-18,23-24H2,1-2H3. The normalized spacial score (nSPS) is 12.0. The van der Waals surface area contributed by atoms with Crippen molar-refractivity contribution in [2.45, 2.75) is 90.9 Å². The molecular formula is C42H44N2. The molecule has 7 rings (SSSR count). The van der Waals surface area contributed by atoms with Gasteiger partial charge in [-0.25, -0.2) is 0 Å². The summed E-state index contributed by atoms with van der Waals surface area (Å²) in [6.45, 7) is 4.58. The topological polar surface area (TPSA) is 25.8 Å². The maximum Gasteiger partial charge on any atom is 0.0790 e. The third-order valence-electron chi connectivity index (χ3n) is 9.65. The monoisotopic (exact) mass is 576 g/mol. The number of hydrogen-bond acceptors (Lipinski definition) is 2. The summed E-state index contributed by atoms with van der Waals surface area (Å²) in [6.07, 6.45) is 14.7. The Hall–Kier alpha value is -4.04. The van der Waals surface area contributed by atoms with Crippen molar-refractivity contribution in [3.63, 3.8) is 0 Å². The van der Waals surface area contributed by atoms with Crippen molar-refractivity contribution in [2.24, 2.45) is 0 Å². The van der Waals surface area contributed by atoms with Crippen LogP contribution in [0.25, 0.3) is 65.6 Å². The highest BCUT2D eigenvalue weighted by atomic mass is 14.7. The van der Waals surface area contributed by atoms with Gasteiger partial charge in [-0.15, -0.1) is 0 Å². The SMILES string of the molecule is CCCCCCCc1nc2c3cccccc-3cc2c2cc3c(CCCCCCC)nc4c5cccccc-5cc4c3cc12. The molecule has 2 heteroatoms. The van der Waals surface area contributed by atoms with Gasteiger partial charge in [-0.05, 0) is 71.8 Å². The van der Waals surface area contributed by atoms with Crippen LogP contribution in [0.15, 0.2) is 84.9 Å². The Morgan fingerprint density at radius 3 is 1.30 bits per heavy atom. The second kappa shape index (κ2) is 12.9. The van der Waals surface area contributed by atoms with Crippen molar-refractivity contribution >= 4 is 43.4 Å². The molecule has 2 nitrogen and oxygen atoms in total. The Kier molecular flexibility index (Phi) is 8.42. The fourth-order valence-corrected chi connectivity index (χ4v) is 7.28. The highest BCUT2D eigenvalue weighted by molar-refractivity contribution is 6.22. The van der Waals surface area contributed by atoms with Gasteiger partial charge >= 0.3 is 0 Å². The molecule has 0 amide bonds. The second-order valence-corrected chi connectivity index (χ2v) is 12.8. The summed E-state index contributed by atoms with van der Waals surface area (Å²) in [6, 6.07) is 31.5. The lowest BCUT2D eigenvalue weighted by Gasteiger charge is -2.13. The van der Waals surface area contributed by atoms with Crippen LogP contribution in [0.4, 0.5) is 0 Å². The van der Waals surface area contributed by atoms with Crippen molar-refractivity contribution < 1.29 is 0 Å². The Balaban J connectivity index is 1.48.